The lowest BCUT2D eigenvalue weighted by Gasteiger charge is -2.12. The molecule has 0 aromatic heterocycles. The van der Waals surface area contributed by atoms with E-state index in [9.17, 15) is 0 Å². The van der Waals surface area contributed by atoms with Crippen LogP contribution in [0.3, 0.4) is 0 Å². The molecular formula is C19H18ClN. The topological polar surface area (TPSA) is 12.0 Å². The van der Waals surface area contributed by atoms with E-state index in [0.717, 1.165) is 18.0 Å². The first-order valence-electron chi connectivity index (χ1n) is 7.22. The summed E-state index contributed by atoms with van der Waals surface area (Å²) in [6, 6.07) is 14.6. The van der Waals surface area contributed by atoms with Crippen LogP contribution in [0.5, 0.6) is 0 Å². The van der Waals surface area contributed by atoms with Gasteiger partial charge in [0.2, 0.25) is 0 Å². The first-order valence-corrected chi connectivity index (χ1v) is 7.59. The molecule has 21 heavy (non-hydrogen) atoms. The Kier molecular flexibility index (Phi) is 4.23. The average molecular weight is 296 g/mol. The minimum Gasteiger partial charge on any atom is -0.319 e. The summed E-state index contributed by atoms with van der Waals surface area (Å²) in [5.74, 6) is 0. The molecule has 1 N–H and O–H groups in total. The minimum absolute atomic E-state index is 0.777. The Hall–Kier alpha value is -1.83. The van der Waals surface area contributed by atoms with Gasteiger partial charge >= 0.3 is 0 Å². The van der Waals surface area contributed by atoms with E-state index in [0.29, 0.717) is 0 Å². The Morgan fingerprint density at radius 1 is 1.00 bits per heavy atom. The highest BCUT2D eigenvalue weighted by Crippen LogP contribution is 2.35. The van der Waals surface area contributed by atoms with Gasteiger partial charge in [-0.05, 0) is 60.0 Å². The average Bonchev–Trinajstić information content (AvgIpc) is 2.65. The molecule has 0 saturated heterocycles. The van der Waals surface area contributed by atoms with Crippen molar-refractivity contribution in [1.29, 1.82) is 0 Å². The highest BCUT2D eigenvalue weighted by Gasteiger charge is 2.14. The van der Waals surface area contributed by atoms with Crippen LogP contribution in [-0.2, 0) is 0 Å². The second-order valence-electron chi connectivity index (χ2n) is 5.16. The van der Waals surface area contributed by atoms with Gasteiger partial charge < -0.3 is 5.32 Å². The van der Waals surface area contributed by atoms with Crippen LogP contribution in [0.2, 0.25) is 5.02 Å². The van der Waals surface area contributed by atoms with Crippen molar-refractivity contribution in [3.8, 4) is 0 Å². The van der Waals surface area contributed by atoms with Crippen LogP contribution in [0.1, 0.15) is 28.7 Å². The molecule has 0 saturated carbocycles. The number of nitrogens with one attached hydrogen (secondary N) is 1. The standard InChI is InChI=1S/C19H18ClN/c1-21-12-4-7-19-17-6-3-2-5-14(17)8-9-15-13-16(20)10-11-18(15)19/h2-3,5-11,13,21H,4,12H2,1H3. The van der Waals surface area contributed by atoms with Gasteiger partial charge in [0.05, 0.1) is 0 Å². The molecule has 0 bridgehead atoms. The predicted octanol–water partition coefficient (Wildman–Crippen LogP) is 4.87. The molecule has 2 heteroatoms. The van der Waals surface area contributed by atoms with E-state index < -0.39 is 0 Å². The quantitative estimate of drug-likeness (QED) is 0.680. The van der Waals surface area contributed by atoms with Crippen molar-refractivity contribution in [1.82, 2.24) is 5.32 Å². The van der Waals surface area contributed by atoms with Gasteiger partial charge in [0, 0.05) is 5.02 Å². The first kappa shape index (κ1) is 14.1. The number of hydrogen-bond acceptors (Lipinski definition) is 1. The summed E-state index contributed by atoms with van der Waals surface area (Å²) in [7, 11) is 1.98. The fourth-order valence-corrected chi connectivity index (χ4v) is 2.89. The lowest BCUT2D eigenvalue weighted by Crippen LogP contribution is -2.06. The molecule has 0 amide bonds. The van der Waals surface area contributed by atoms with E-state index in [-0.39, 0.29) is 0 Å². The van der Waals surface area contributed by atoms with Crippen LogP contribution >= 0.6 is 11.6 Å². The van der Waals surface area contributed by atoms with E-state index >= 15 is 0 Å². The van der Waals surface area contributed by atoms with Gasteiger partial charge in [-0.3, -0.25) is 0 Å². The lowest BCUT2D eigenvalue weighted by atomic mass is 9.93. The Balaban J connectivity index is 2.17. The second kappa shape index (κ2) is 6.30. The molecule has 0 fully saturated rings. The van der Waals surface area contributed by atoms with E-state index in [1.54, 1.807) is 0 Å². The third kappa shape index (κ3) is 2.94. The Morgan fingerprint density at radius 3 is 2.62 bits per heavy atom. The molecule has 3 rings (SSSR count). The maximum Gasteiger partial charge on any atom is 0.0412 e. The van der Waals surface area contributed by atoms with Gasteiger partial charge in [-0.1, -0.05) is 60.2 Å². The Morgan fingerprint density at radius 2 is 1.76 bits per heavy atom. The molecule has 1 aliphatic carbocycles. The minimum atomic E-state index is 0.777. The Labute approximate surface area is 131 Å². The van der Waals surface area contributed by atoms with Crippen molar-refractivity contribution in [2.24, 2.45) is 0 Å². The summed E-state index contributed by atoms with van der Waals surface area (Å²) in [5.41, 5.74) is 6.25. The SMILES string of the molecule is CNCCC=C1c2ccccc2C=Cc2cc(Cl)ccc21. The highest BCUT2D eigenvalue weighted by atomic mass is 35.5. The fourth-order valence-electron chi connectivity index (χ4n) is 2.71. The van der Waals surface area contributed by atoms with E-state index in [1.165, 1.54) is 27.8 Å². The number of halogens is 1. The molecule has 1 aliphatic rings. The summed E-state index contributed by atoms with van der Waals surface area (Å²) in [6.07, 6.45) is 7.64. The second-order valence-corrected chi connectivity index (χ2v) is 5.60. The number of rotatable bonds is 3. The third-order valence-corrected chi connectivity index (χ3v) is 3.98. The van der Waals surface area contributed by atoms with Crippen molar-refractivity contribution in [3.63, 3.8) is 0 Å². The van der Waals surface area contributed by atoms with Crippen LogP contribution in [-0.4, -0.2) is 13.6 Å². The lowest BCUT2D eigenvalue weighted by molar-refractivity contribution is 0.808. The monoisotopic (exact) mass is 295 g/mol. The molecule has 1 nitrogen and oxygen atoms in total. The summed E-state index contributed by atoms with van der Waals surface area (Å²) in [4.78, 5) is 0. The zero-order valence-corrected chi connectivity index (χ0v) is 12.8. The molecule has 0 spiro atoms. The summed E-state index contributed by atoms with van der Waals surface area (Å²) >= 11 is 6.15. The van der Waals surface area contributed by atoms with E-state index in [2.05, 4.69) is 53.9 Å². The van der Waals surface area contributed by atoms with Crippen molar-refractivity contribution < 1.29 is 0 Å². The smallest absolute Gasteiger partial charge is 0.0412 e. The normalized spacial score (nSPS) is 14.7. The molecule has 0 radical (unpaired) electrons. The van der Waals surface area contributed by atoms with Gasteiger partial charge in [0.1, 0.15) is 0 Å². The zero-order valence-electron chi connectivity index (χ0n) is 12.1. The van der Waals surface area contributed by atoms with Crippen LogP contribution in [0, 0.1) is 0 Å². The number of hydrogen-bond donors (Lipinski definition) is 1. The van der Waals surface area contributed by atoms with Gasteiger partial charge in [-0.15, -0.1) is 0 Å². The van der Waals surface area contributed by atoms with Crippen LogP contribution in [0.4, 0.5) is 0 Å². The molecule has 106 valence electrons. The molecule has 0 unspecified atom stereocenters. The molecule has 2 aromatic carbocycles. The van der Waals surface area contributed by atoms with Crippen LogP contribution < -0.4 is 5.32 Å². The molecular weight excluding hydrogens is 278 g/mol. The van der Waals surface area contributed by atoms with Gasteiger partial charge in [-0.2, -0.15) is 0 Å². The van der Waals surface area contributed by atoms with Crippen molar-refractivity contribution >= 4 is 29.3 Å². The highest BCUT2D eigenvalue weighted by molar-refractivity contribution is 6.30. The van der Waals surface area contributed by atoms with E-state index in [1.807, 2.05) is 19.2 Å². The molecule has 0 atom stereocenters. The van der Waals surface area contributed by atoms with Crippen molar-refractivity contribution in [2.45, 2.75) is 6.42 Å². The van der Waals surface area contributed by atoms with Crippen LogP contribution in [0.25, 0.3) is 17.7 Å². The maximum absolute atomic E-state index is 6.15. The third-order valence-electron chi connectivity index (χ3n) is 3.74. The maximum atomic E-state index is 6.15. The van der Waals surface area contributed by atoms with Crippen LogP contribution in [0.15, 0.2) is 48.5 Å². The number of fused-ring (bicyclic) bond motifs is 2. The number of benzene rings is 2. The van der Waals surface area contributed by atoms with Gasteiger partial charge in [0.25, 0.3) is 0 Å². The Bertz CT molecular complexity index is 713. The predicted molar refractivity (Wildman–Crippen MR) is 92.4 cm³/mol. The summed E-state index contributed by atoms with van der Waals surface area (Å²) in [6.45, 7) is 0.974. The van der Waals surface area contributed by atoms with Gasteiger partial charge in [-0.25, -0.2) is 0 Å². The fraction of sp³-hybridized carbons (Fsp3) is 0.158. The largest absolute Gasteiger partial charge is 0.319 e. The summed E-state index contributed by atoms with van der Waals surface area (Å²) < 4.78 is 0. The molecule has 0 aliphatic heterocycles. The van der Waals surface area contributed by atoms with Gasteiger partial charge in [0.15, 0.2) is 0 Å². The van der Waals surface area contributed by atoms with E-state index in [4.69, 9.17) is 11.6 Å². The summed E-state index contributed by atoms with van der Waals surface area (Å²) in [5, 5.41) is 3.98. The van der Waals surface area contributed by atoms with Crippen molar-refractivity contribution in [3.05, 3.63) is 75.8 Å². The molecule has 2 aromatic rings. The zero-order chi connectivity index (χ0) is 14.7. The first-order chi connectivity index (χ1) is 10.3. The van der Waals surface area contributed by atoms with Crippen molar-refractivity contribution in [2.75, 3.05) is 13.6 Å². The molecule has 0 heterocycles.